The molecule has 6 heteroatoms. The number of aromatic nitrogens is 6. The van der Waals surface area contributed by atoms with Crippen molar-refractivity contribution in [1.82, 2.24) is 28.7 Å². The number of para-hydroxylation sites is 5. The summed E-state index contributed by atoms with van der Waals surface area (Å²) in [6.07, 6.45) is 0. The molecule has 0 atom stereocenters. The summed E-state index contributed by atoms with van der Waals surface area (Å²) in [6.45, 7) is 0. The lowest BCUT2D eigenvalue weighted by Crippen LogP contribution is -2.06. The summed E-state index contributed by atoms with van der Waals surface area (Å²) in [6, 6.07) is -1.80. The zero-order valence-electron chi connectivity index (χ0n) is 51.9. The molecule has 4 aromatic heterocycles. The fraction of sp³-hybridized carbons (Fsp3) is 0. The van der Waals surface area contributed by atoms with Crippen LogP contribution in [-0.4, -0.2) is 28.7 Å². The molecule has 266 valence electrons. The molecule has 0 fully saturated rings. The van der Waals surface area contributed by atoms with E-state index in [1.54, 1.807) is 48.5 Å². The lowest BCUT2D eigenvalue weighted by Gasteiger charge is -2.12. The number of nitrogens with zero attached hydrogens (tertiary/aromatic N) is 6. The maximum Gasteiger partial charge on any atom is 0.238 e. The van der Waals surface area contributed by atoms with Gasteiger partial charge in [0.2, 0.25) is 5.95 Å². The molecule has 0 aliphatic rings. The average molecular weight is 752 g/mol. The largest absolute Gasteiger partial charge is 0.309 e. The number of hydrogen-bond donors (Lipinski definition) is 0. The number of fused-ring (bicyclic) bond motifs is 9. The molecule has 0 bridgehead atoms. The van der Waals surface area contributed by atoms with Gasteiger partial charge in [0.25, 0.3) is 0 Å². The van der Waals surface area contributed by atoms with Crippen LogP contribution in [-0.2, 0) is 0 Å². The van der Waals surface area contributed by atoms with Gasteiger partial charge < -0.3 is 9.13 Å². The second kappa shape index (κ2) is 12.3. The van der Waals surface area contributed by atoms with E-state index in [0.717, 1.165) is 4.57 Å². The number of rotatable bonds is 5. The maximum absolute atomic E-state index is 10.0. The van der Waals surface area contributed by atoms with Crippen LogP contribution in [0.15, 0.2) is 194 Å². The van der Waals surface area contributed by atoms with Gasteiger partial charge >= 0.3 is 0 Å². The van der Waals surface area contributed by atoms with E-state index in [1.807, 2.05) is 0 Å². The van der Waals surface area contributed by atoms with Gasteiger partial charge in [0.15, 0.2) is 11.6 Å². The fourth-order valence-corrected chi connectivity index (χ4v) is 7.41. The Hall–Kier alpha value is -7.83. The highest BCUT2D eigenvalue weighted by molar-refractivity contribution is 6.19. The van der Waals surface area contributed by atoms with E-state index in [1.165, 1.54) is 15.2 Å². The molecule has 0 saturated carbocycles. The molecule has 12 rings (SSSR count). The monoisotopic (exact) mass is 751 g/mol. The first-order valence-corrected chi connectivity index (χ1v) is 17.3. The predicted molar refractivity (Wildman–Crippen MR) is 234 cm³/mol. The zero-order chi connectivity index (χ0) is 57.5. The van der Waals surface area contributed by atoms with Gasteiger partial charge in [-0.05, 0) is 60.5 Å². The van der Waals surface area contributed by atoms with Gasteiger partial charge in [0, 0.05) is 54.8 Å². The van der Waals surface area contributed by atoms with Crippen LogP contribution in [0.3, 0.4) is 0 Å². The Kier molecular flexibility index (Phi) is 3.57. The van der Waals surface area contributed by atoms with E-state index in [9.17, 15) is 4.11 Å². The van der Waals surface area contributed by atoms with Crippen LogP contribution < -0.4 is 0 Å². The van der Waals surface area contributed by atoms with Crippen molar-refractivity contribution in [2.24, 2.45) is 0 Å². The van der Waals surface area contributed by atoms with E-state index in [4.69, 9.17) is 37.4 Å². The molecule has 0 aliphatic heterocycles. The third-order valence-electron chi connectivity index (χ3n) is 9.73. The van der Waals surface area contributed by atoms with Gasteiger partial charge in [-0.1, -0.05) is 133 Å². The minimum atomic E-state index is -0.861. The molecule has 0 amide bonds. The Morgan fingerprint density at radius 2 is 0.912 bits per heavy atom. The van der Waals surface area contributed by atoms with E-state index in [0.29, 0.717) is 27.1 Å². The Morgan fingerprint density at radius 1 is 0.351 bits per heavy atom. The van der Waals surface area contributed by atoms with Crippen molar-refractivity contribution >= 4 is 65.4 Å². The molecule has 8 aromatic carbocycles. The van der Waals surface area contributed by atoms with Crippen LogP contribution in [0.2, 0.25) is 0 Å². The molecule has 12 aromatic rings. The zero-order valence-corrected chi connectivity index (χ0v) is 28.9. The molecular weight excluding hydrogens is 697 g/mol. The Bertz CT molecular complexity index is 4800. The highest BCUT2D eigenvalue weighted by Gasteiger charge is 2.22. The summed E-state index contributed by atoms with van der Waals surface area (Å²) in [7, 11) is 0. The maximum atomic E-state index is 10.0. The van der Waals surface area contributed by atoms with Crippen LogP contribution in [0.5, 0.6) is 0 Å². The van der Waals surface area contributed by atoms with Crippen LogP contribution in [0.25, 0.3) is 106 Å². The van der Waals surface area contributed by atoms with Crippen molar-refractivity contribution in [3.8, 4) is 40.1 Å². The summed E-state index contributed by atoms with van der Waals surface area (Å²) in [4.78, 5) is 14.2. The number of benzene rings is 8. The lowest BCUT2D eigenvalue weighted by atomic mass is 10.1. The van der Waals surface area contributed by atoms with Gasteiger partial charge in [-0.15, -0.1) is 0 Å². The third-order valence-corrected chi connectivity index (χ3v) is 9.73. The molecule has 0 N–H and O–H groups in total. The van der Waals surface area contributed by atoms with Crippen LogP contribution in [0, 0.1) is 0 Å². The minimum Gasteiger partial charge on any atom is -0.309 e. The quantitative estimate of drug-likeness (QED) is 0.176. The topological polar surface area (TPSA) is 53.5 Å². The van der Waals surface area contributed by atoms with E-state index in [2.05, 4.69) is 4.98 Å². The third kappa shape index (κ3) is 4.81. The smallest absolute Gasteiger partial charge is 0.238 e. The molecular formula is C51H32N6. The molecule has 0 saturated heterocycles. The standard InChI is InChI=1S/C51H32N6/c1-4-16-33(17-5-1)49-52-50(34-28-29-40-37-22-10-13-25-43(37)55(46(40)30-34)35-18-6-2-7-19-35)54-51(53-49)57-45-27-15-12-24-39(45)42-31-41-38-23-11-14-26-44(38)56(47(41)32-48(42)57)36-20-8-3-9-21-36/h1-32H/i1D,2D,3D,4D,5D,6D,7D,8D,9D,10D,13D,16D,17D,18D,19D,20D,21D,22D,25D,26D,28D,29D,30D. The van der Waals surface area contributed by atoms with E-state index < -0.39 is 189 Å². The summed E-state index contributed by atoms with van der Waals surface area (Å²) < 4.78 is 208. The first-order chi connectivity index (χ1) is 37.8. The summed E-state index contributed by atoms with van der Waals surface area (Å²) in [5, 5.41) is 1.12. The normalized spacial score (nSPS) is 17.5. The van der Waals surface area contributed by atoms with Gasteiger partial charge in [-0.3, -0.25) is 4.57 Å². The van der Waals surface area contributed by atoms with E-state index in [-0.39, 0.29) is 28.3 Å². The Morgan fingerprint density at radius 3 is 1.67 bits per heavy atom. The van der Waals surface area contributed by atoms with Crippen molar-refractivity contribution in [3.63, 3.8) is 0 Å². The molecule has 6 nitrogen and oxygen atoms in total. The van der Waals surface area contributed by atoms with Crippen molar-refractivity contribution in [2.75, 3.05) is 0 Å². The second-order valence-corrected chi connectivity index (χ2v) is 12.8. The highest BCUT2D eigenvalue weighted by Crippen LogP contribution is 2.40. The SMILES string of the molecule is [2H]c1c([2H])c([2H])c(-c2nc(-c3c([2H])c([2H])c4c5c([2H])c([2H])c([2H])c([2H])c5n(-c5c([2H])c([2H])c([2H])c([2H])c5[2H])c4c3[2H])nc(-n3c4ccccc4c4cc5c6cccc([2H])c6n(-c6c([2H])c([2H])c([2H])c([2H])c6[2H])c5cc43)n2)c([2H])c1[2H]. The lowest BCUT2D eigenvalue weighted by molar-refractivity contribution is 0.953. The Labute approximate surface area is 359 Å². The molecule has 0 unspecified atom stereocenters. The predicted octanol–water partition coefficient (Wildman–Crippen LogP) is 12.5. The molecule has 4 heterocycles. The van der Waals surface area contributed by atoms with Crippen molar-refractivity contribution in [2.45, 2.75) is 0 Å². The van der Waals surface area contributed by atoms with E-state index >= 15 is 0 Å². The highest BCUT2D eigenvalue weighted by atomic mass is 15.2. The van der Waals surface area contributed by atoms with Gasteiger partial charge in [0.1, 0.15) is 0 Å². The average Bonchev–Trinajstić information content (AvgIpc) is 4.13. The Balaban J connectivity index is 1.27. The first-order valence-electron chi connectivity index (χ1n) is 28.8. The fourth-order valence-electron chi connectivity index (χ4n) is 7.41. The van der Waals surface area contributed by atoms with Crippen molar-refractivity contribution in [3.05, 3.63) is 194 Å². The molecule has 0 radical (unpaired) electrons. The minimum absolute atomic E-state index is 0.0554. The second-order valence-electron chi connectivity index (χ2n) is 12.8. The first kappa shape index (κ1) is 16.5. The summed E-state index contributed by atoms with van der Waals surface area (Å²) in [5.74, 6) is -1.67. The molecule has 57 heavy (non-hydrogen) atoms. The number of hydrogen-bond acceptors (Lipinski definition) is 3. The van der Waals surface area contributed by atoms with Crippen LogP contribution >= 0.6 is 0 Å². The molecule has 0 aliphatic carbocycles. The summed E-state index contributed by atoms with van der Waals surface area (Å²) in [5.41, 5.74) is -2.19. The molecule has 0 spiro atoms. The van der Waals surface area contributed by atoms with Gasteiger partial charge in [0.05, 0.1) is 64.6 Å². The van der Waals surface area contributed by atoms with Crippen molar-refractivity contribution < 1.29 is 31.5 Å². The van der Waals surface area contributed by atoms with Crippen LogP contribution in [0.4, 0.5) is 0 Å². The summed E-state index contributed by atoms with van der Waals surface area (Å²) >= 11 is 0. The van der Waals surface area contributed by atoms with Crippen molar-refractivity contribution in [1.29, 1.82) is 0 Å². The van der Waals surface area contributed by atoms with Gasteiger partial charge in [-0.25, -0.2) is 4.98 Å². The van der Waals surface area contributed by atoms with Crippen LogP contribution in [0.1, 0.15) is 31.5 Å². The van der Waals surface area contributed by atoms with Gasteiger partial charge in [-0.2, -0.15) is 9.97 Å².